The zero-order chi connectivity index (χ0) is 14.6. The number of carbonyl (C=O) groups excluding carboxylic acids is 1. The summed E-state index contributed by atoms with van der Waals surface area (Å²) in [6, 6.07) is 2.86. The van der Waals surface area contributed by atoms with Gasteiger partial charge in [0.05, 0.1) is 4.92 Å². The number of rotatable bonds is 5. The van der Waals surface area contributed by atoms with E-state index in [0.29, 0.717) is 4.47 Å². The zero-order valence-electron chi connectivity index (χ0n) is 9.92. The van der Waals surface area contributed by atoms with Gasteiger partial charge >= 0.3 is 5.97 Å². The maximum Gasteiger partial charge on any atom is 0.326 e. The van der Waals surface area contributed by atoms with E-state index in [4.69, 9.17) is 5.11 Å². The van der Waals surface area contributed by atoms with Crippen LogP contribution in [0.2, 0.25) is 0 Å². The number of halogens is 1. The predicted octanol–water partition coefficient (Wildman–Crippen LogP) is 1.95. The Morgan fingerprint density at radius 2 is 2.16 bits per heavy atom. The zero-order valence-corrected chi connectivity index (χ0v) is 11.5. The summed E-state index contributed by atoms with van der Waals surface area (Å²) in [5.41, 5.74) is -0.556. The summed E-state index contributed by atoms with van der Waals surface area (Å²) in [7, 11) is 0. The SMILES string of the molecule is CC[C@@H](NC(=O)c1ccc(Br)cc1[N+](=O)[O-])C(=O)O. The number of hydrogen-bond acceptors (Lipinski definition) is 4. The molecule has 0 bridgehead atoms. The molecular weight excluding hydrogens is 320 g/mol. The van der Waals surface area contributed by atoms with Crippen molar-refractivity contribution in [3.63, 3.8) is 0 Å². The molecule has 1 aromatic rings. The average Bonchev–Trinajstić information content (AvgIpc) is 2.34. The first-order chi connectivity index (χ1) is 8.86. The van der Waals surface area contributed by atoms with Crippen LogP contribution in [0.5, 0.6) is 0 Å². The second-order valence-electron chi connectivity index (χ2n) is 3.69. The molecule has 0 fully saturated rings. The molecule has 0 radical (unpaired) electrons. The molecule has 0 spiro atoms. The van der Waals surface area contributed by atoms with Gasteiger partial charge in [-0.15, -0.1) is 0 Å². The topological polar surface area (TPSA) is 110 Å². The molecule has 1 aromatic carbocycles. The second-order valence-corrected chi connectivity index (χ2v) is 4.61. The van der Waals surface area contributed by atoms with E-state index in [1.54, 1.807) is 6.92 Å². The number of carboxylic acid groups (broad SMARTS) is 1. The van der Waals surface area contributed by atoms with E-state index in [1.165, 1.54) is 18.2 Å². The second kappa shape index (κ2) is 6.28. The van der Waals surface area contributed by atoms with Crippen molar-refractivity contribution in [1.29, 1.82) is 0 Å². The normalized spacial score (nSPS) is 11.7. The lowest BCUT2D eigenvalue weighted by Gasteiger charge is -2.12. The third-order valence-corrected chi connectivity index (χ3v) is 2.91. The Labute approximate surface area is 116 Å². The number of carbonyl (C=O) groups is 2. The van der Waals surface area contributed by atoms with Crippen molar-refractivity contribution in [3.05, 3.63) is 38.3 Å². The molecule has 0 saturated heterocycles. The van der Waals surface area contributed by atoms with Crippen LogP contribution in [0, 0.1) is 10.1 Å². The van der Waals surface area contributed by atoms with Crippen molar-refractivity contribution in [2.75, 3.05) is 0 Å². The van der Waals surface area contributed by atoms with Crippen molar-refractivity contribution in [1.82, 2.24) is 5.32 Å². The summed E-state index contributed by atoms with van der Waals surface area (Å²) in [5, 5.41) is 21.9. The number of carboxylic acids is 1. The van der Waals surface area contributed by atoms with E-state index in [2.05, 4.69) is 21.2 Å². The van der Waals surface area contributed by atoms with Crippen molar-refractivity contribution in [3.8, 4) is 0 Å². The van der Waals surface area contributed by atoms with Gasteiger partial charge in [-0.3, -0.25) is 14.9 Å². The molecule has 19 heavy (non-hydrogen) atoms. The third kappa shape index (κ3) is 3.75. The van der Waals surface area contributed by atoms with Gasteiger partial charge in [0.1, 0.15) is 11.6 Å². The molecule has 1 amide bonds. The lowest BCUT2D eigenvalue weighted by Crippen LogP contribution is -2.40. The number of benzene rings is 1. The fourth-order valence-corrected chi connectivity index (χ4v) is 1.77. The average molecular weight is 331 g/mol. The molecule has 7 nitrogen and oxygen atoms in total. The summed E-state index contributed by atoms with van der Waals surface area (Å²) in [6.45, 7) is 1.59. The van der Waals surface area contributed by atoms with Gasteiger partial charge in [0, 0.05) is 10.5 Å². The van der Waals surface area contributed by atoms with Crippen LogP contribution >= 0.6 is 15.9 Å². The third-order valence-electron chi connectivity index (χ3n) is 2.41. The summed E-state index contributed by atoms with van der Waals surface area (Å²) >= 11 is 3.07. The molecule has 1 rings (SSSR count). The van der Waals surface area contributed by atoms with Gasteiger partial charge in [-0.2, -0.15) is 0 Å². The molecular formula is C11H11BrN2O5. The number of aliphatic carboxylic acids is 1. The van der Waals surface area contributed by atoms with Gasteiger partial charge in [-0.05, 0) is 18.6 Å². The number of nitrogens with zero attached hydrogens (tertiary/aromatic N) is 1. The van der Waals surface area contributed by atoms with Crippen LogP contribution in [0.3, 0.4) is 0 Å². The first-order valence-electron chi connectivity index (χ1n) is 5.34. The van der Waals surface area contributed by atoms with E-state index < -0.39 is 22.8 Å². The molecule has 0 aliphatic carbocycles. The van der Waals surface area contributed by atoms with Crippen LogP contribution in [0.25, 0.3) is 0 Å². The highest BCUT2D eigenvalue weighted by Crippen LogP contribution is 2.23. The summed E-state index contributed by atoms with van der Waals surface area (Å²) < 4.78 is 0.459. The molecule has 2 N–H and O–H groups in total. The molecule has 0 heterocycles. The summed E-state index contributed by atoms with van der Waals surface area (Å²) in [5.74, 6) is -1.97. The Bertz CT molecular complexity index is 532. The number of hydrogen-bond donors (Lipinski definition) is 2. The molecule has 1 atom stereocenters. The lowest BCUT2D eigenvalue weighted by atomic mass is 10.1. The number of nitro groups is 1. The molecule has 102 valence electrons. The first kappa shape index (κ1) is 15.1. The van der Waals surface area contributed by atoms with E-state index in [9.17, 15) is 19.7 Å². The van der Waals surface area contributed by atoms with E-state index in [1.807, 2.05) is 0 Å². The predicted molar refractivity (Wildman–Crippen MR) is 70.0 cm³/mol. The molecule has 0 aliphatic heterocycles. The van der Waals surface area contributed by atoms with Gasteiger partial charge < -0.3 is 10.4 Å². The van der Waals surface area contributed by atoms with Crippen LogP contribution < -0.4 is 5.32 Å². The van der Waals surface area contributed by atoms with E-state index >= 15 is 0 Å². The summed E-state index contributed by atoms with van der Waals surface area (Å²) in [6.07, 6.45) is 0.186. The number of amides is 1. The Balaban J connectivity index is 3.06. The lowest BCUT2D eigenvalue weighted by molar-refractivity contribution is -0.385. The van der Waals surface area contributed by atoms with Gasteiger partial charge in [0.25, 0.3) is 11.6 Å². The fourth-order valence-electron chi connectivity index (χ4n) is 1.42. The minimum Gasteiger partial charge on any atom is -0.480 e. The van der Waals surface area contributed by atoms with E-state index in [-0.39, 0.29) is 17.7 Å². The van der Waals surface area contributed by atoms with Crippen LogP contribution in [-0.4, -0.2) is 27.9 Å². The standard InChI is InChI=1S/C11H11BrN2O5/c1-2-8(11(16)17)13-10(15)7-4-3-6(12)5-9(7)14(18)19/h3-5,8H,2H2,1H3,(H,13,15)(H,16,17)/t8-/m1/s1. The molecule has 0 aromatic heterocycles. The maximum absolute atomic E-state index is 11.9. The monoisotopic (exact) mass is 330 g/mol. The molecule has 8 heteroatoms. The highest BCUT2D eigenvalue weighted by molar-refractivity contribution is 9.10. The van der Waals surface area contributed by atoms with E-state index in [0.717, 1.165) is 0 Å². The summed E-state index contributed by atoms with van der Waals surface area (Å²) in [4.78, 5) is 32.8. The number of nitro benzene ring substituents is 1. The van der Waals surface area contributed by atoms with Gasteiger partial charge in [0.2, 0.25) is 0 Å². The quantitative estimate of drug-likeness (QED) is 0.633. The van der Waals surface area contributed by atoms with Gasteiger partial charge in [-0.1, -0.05) is 22.9 Å². The van der Waals surface area contributed by atoms with Crippen molar-refractivity contribution in [2.24, 2.45) is 0 Å². The Hall–Kier alpha value is -1.96. The van der Waals surface area contributed by atoms with Crippen molar-refractivity contribution in [2.45, 2.75) is 19.4 Å². The largest absolute Gasteiger partial charge is 0.480 e. The van der Waals surface area contributed by atoms with Crippen LogP contribution in [-0.2, 0) is 4.79 Å². The smallest absolute Gasteiger partial charge is 0.326 e. The molecule has 0 saturated carbocycles. The minimum absolute atomic E-state index is 0.173. The Kier molecular flexibility index (Phi) is 4.99. The minimum atomic E-state index is -1.18. The van der Waals surface area contributed by atoms with Gasteiger partial charge in [0.15, 0.2) is 0 Å². The van der Waals surface area contributed by atoms with Crippen LogP contribution in [0.15, 0.2) is 22.7 Å². The number of nitrogens with one attached hydrogen (secondary N) is 1. The highest BCUT2D eigenvalue weighted by atomic mass is 79.9. The van der Waals surface area contributed by atoms with Gasteiger partial charge in [-0.25, -0.2) is 4.79 Å². The maximum atomic E-state index is 11.9. The molecule has 0 unspecified atom stereocenters. The van der Waals surface area contributed by atoms with Crippen molar-refractivity contribution >= 4 is 33.5 Å². The highest BCUT2D eigenvalue weighted by Gasteiger charge is 2.24. The fraction of sp³-hybridized carbons (Fsp3) is 0.273. The van der Waals surface area contributed by atoms with Crippen molar-refractivity contribution < 1.29 is 19.6 Å². The first-order valence-corrected chi connectivity index (χ1v) is 6.13. The molecule has 0 aliphatic rings. The Morgan fingerprint density at radius 1 is 1.53 bits per heavy atom. The van der Waals surface area contributed by atoms with Crippen LogP contribution in [0.1, 0.15) is 23.7 Å². The van der Waals surface area contributed by atoms with Crippen LogP contribution in [0.4, 0.5) is 5.69 Å². The Morgan fingerprint density at radius 3 is 2.63 bits per heavy atom.